The molecular formula is C16H33N3. The molecule has 0 bridgehead atoms. The number of nitrogens with two attached hydrogens (primary N) is 1. The van der Waals surface area contributed by atoms with E-state index in [1.165, 1.54) is 57.8 Å². The van der Waals surface area contributed by atoms with Gasteiger partial charge >= 0.3 is 0 Å². The molecule has 2 fully saturated rings. The third-order valence-corrected chi connectivity index (χ3v) is 5.82. The molecule has 2 aliphatic rings. The SMILES string of the molecule is CC1CCCC(C(NN)C2(N(C)C)CCCCC2)C1. The lowest BCUT2D eigenvalue weighted by molar-refractivity contribution is 0.0189. The fourth-order valence-corrected chi connectivity index (χ4v) is 4.71. The molecule has 3 atom stereocenters. The molecule has 0 aromatic carbocycles. The molecule has 0 aromatic heterocycles. The molecule has 0 spiro atoms. The number of likely N-dealkylation sites (N-methyl/N-ethyl adjacent to an activating group) is 1. The predicted octanol–water partition coefficient (Wildman–Crippen LogP) is 2.91. The van der Waals surface area contributed by atoms with Crippen molar-refractivity contribution in [2.75, 3.05) is 14.1 Å². The number of nitrogens with one attached hydrogen (secondary N) is 1. The smallest absolute Gasteiger partial charge is 0.0422 e. The Kier molecular flexibility index (Phi) is 5.27. The van der Waals surface area contributed by atoms with Gasteiger partial charge < -0.3 is 4.90 Å². The minimum absolute atomic E-state index is 0.286. The van der Waals surface area contributed by atoms with Gasteiger partial charge in [0.25, 0.3) is 0 Å². The van der Waals surface area contributed by atoms with Crippen LogP contribution in [0.4, 0.5) is 0 Å². The summed E-state index contributed by atoms with van der Waals surface area (Å²) in [6.07, 6.45) is 12.2. The van der Waals surface area contributed by atoms with Crippen LogP contribution < -0.4 is 11.3 Å². The van der Waals surface area contributed by atoms with Gasteiger partial charge in [0.05, 0.1) is 0 Å². The molecule has 3 nitrogen and oxygen atoms in total. The van der Waals surface area contributed by atoms with Crippen LogP contribution in [-0.4, -0.2) is 30.6 Å². The van der Waals surface area contributed by atoms with E-state index >= 15 is 0 Å². The van der Waals surface area contributed by atoms with Gasteiger partial charge in [-0.15, -0.1) is 0 Å². The molecule has 2 aliphatic carbocycles. The zero-order chi connectivity index (χ0) is 13.9. The summed E-state index contributed by atoms with van der Waals surface area (Å²) in [6, 6.07) is 0.463. The summed E-state index contributed by atoms with van der Waals surface area (Å²) in [4.78, 5) is 2.47. The minimum atomic E-state index is 0.286. The van der Waals surface area contributed by atoms with Gasteiger partial charge in [-0.3, -0.25) is 11.3 Å². The maximum Gasteiger partial charge on any atom is 0.0422 e. The van der Waals surface area contributed by atoms with E-state index in [2.05, 4.69) is 31.3 Å². The van der Waals surface area contributed by atoms with Crippen LogP contribution >= 0.6 is 0 Å². The van der Waals surface area contributed by atoms with E-state index in [0.717, 1.165) is 11.8 Å². The van der Waals surface area contributed by atoms with Crippen molar-refractivity contribution in [2.24, 2.45) is 17.7 Å². The Bertz CT molecular complexity index is 271. The van der Waals surface area contributed by atoms with Crippen LogP contribution in [0.2, 0.25) is 0 Å². The number of nitrogens with zero attached hydrogens (tertiary/aromatic N) is 1. The van der Waals surface area contributed by atoms with E-state index in [1.807, 2.05) is 0 Å². The molecular weight excluding hydrogens is 234 g/mol. The van der Waals surface area contributed by atoms with Crippen molar-refractivity contribution in [2.45, 2.75) is 76.3 Å². The number of hydrogen-bond acceptors (Lipinski definition) is 3. The van der Waals surface area contributed by atoms with E-state index in [-0.39, 0.29) is 5.54 Å². The molecule has 0 amide bonds. The number of rotatable bonds is 4. The topological polar surface area (TPSA) is 41.3 Å². The van der Waals surface area contributed by atoms with E-state index in [0.29, 0.717) is 6.04 Å². The Morgan fingerprint density at radius 3 is 2.32 bits per heavy atom. The summed E-state index contributed by atoms with van der Waals surface area (Å²) in [7, 11) is 4.50. The summed E-state index contributed by atoms with van der Waals surface area (Å²) in [6.45, 7) is 2.41. The fraction of sp³-hybridized carbons (Fsp3) is 1.00. The van der Waals surface area contributed by atoms with Crippen molar-refractivity contribution in [3.63, 3.8) is 0 Å². The van der Waals surface area contributed by atoms with Crippen molar-refractivity contribution in [1.82, 2.24) is 10.3 Å². The first-order valence-electron chi connectivity index (χ1n) is 8.23. The van der Waals surface area contributed by atoms with Crippen LogP contribution in [0.15, 0.2) is 0 Å². The average Bonchev–Trinajstić information content (AvgIpc) is 2.40. The largest absolute Gasteiger partial charge is 0.302 e. The van der Waals surface area contributed by atoms with Crippen molar-refractivity contribution in [3.05, 3.63) is 0 Å². The molecule has 0 saturated heterocycles. The van der Waals surface area contributed by atoms with Gasteiger partial charge in [0.1, 0.15) is 0 Å². The van der Waals surface area contributed by atoms with Crippen molar-refractivity contribution in [3.8, 4) is 0 Å². The molecule has 3 unspecified atom stereocenters. The fourth-order valence-electron chi connectivity index (χ4n) is 4.71. The van der Waals surface area contributed by atoms with E-state index in [1.54, 1.807) is 0 Å². The lowest BCUT2D eigenvalue weighted by Crippen LogP contribution is -2.64. The monoisotopic (exact) mass is 267 g/mol. The summed E-state index contributed by atoms with van der Waals surface area (Å²) < 4.78 is 0. The van der Waals surface area contributed by atoms with Crippen LogP contribution in [0.5, 0.6) is 0 Å². The third kappa shape index (κ3) is 3.14. The van der Waals surface area contributed by atoms with Gasteiger partial charge in [0.15, 0.2) is 0 Å². The zero-order valence-electron chi connectivity index (χ0n) is 13.1. The highest BCUT2D eigenvalue weighted by atomic mass is 15.3. The highest BCUT2D eigenvalue weighted by Gasteiger charge is 2.45. The first kappa shape index (κ1) is 15.3. The molecule has 3 heteroatoms. The van der Waals surface area contributed by atoms with Gasteiger partial charge in [-0.25, -0.2) is 0 Å². The highest BCUT2D eigenvalue weighted by Crippen LogP contribution is 2.42. The molecule has 2 saturated carbocycles. The van der Waals surface area contributed by atoms with Crippen molar-refractivity contribution >= 4 is 0 Å². The standard InChI is InChI=1S/C16H33N3/c1-13-8-7-9-14(12-13)15(18-17)16(19(2)3)10-5-4-6-11-16/h13-15,18H,4-12,17H2,1-3H3. The molecule has 0 aromatic rings. The third-order valence-electron chi connectivity index (χ3n) is 5.82. The van der Waals surface area contributed by atoms with Crippen LogP contribution in [-0.2, 0) is 0 Å². The Hall–Kier alpha value is -0.120. The molecule has 2 rings (SSSR count). The Morgan fingerprint density at radius 2 is 1.79 bits per heavy atom. The van der Waals surface area contributed by atoms with Crippen molar-refractivity contribution in [1.29, 1.82) is 0 Å². The Balaban J connectivity index is 2.16. The summed E-state index contributed by atoms with van der Waals surface area (Å²) >= 11 is 0. The molecule has 0 radical (unpaired) electrons. The van der Waals surface area contributed by atoms with E-state index < -0.39 is 0 Å². The second kappa shape index (κ2) is 6.55. The average molecular weight is 267 g/mol. The van der Waals surface area contributed by atoms with Gasteiger partial charge in [-0.05, 0) is 51.6 Å². The molecule has 0 aliphatic heterocycles. The Labute approximate surface area is 119 Å². The highest BCUT2D eigenvalue weighted by molar-refractivity contribution is 5.03. The molecule has 112 valence electrons. The van der Waals surface area contributed by atoms with E-state index in [9.17, 15) is 0 Å². The van der Waals surface area contributed by atoms with Gasteiger partial charge in [0.2, 0.25) is 0 Å². The zero-order valence-corrected chi connectivity index (χ0v) is 13.1. The second-order valence-corrected chi connectivity index (χ2v) is 7.23. The maximum atomic E-state index is 6.03. The minimum Gasteiger partial charge on any atom is -0.302 e. The lowest BCUT2D eigenvalue weighted by atomic mass is 9.67. The summed E-state index contributed by atoms with van der Waals surface area (Å²) in [5, 5.41) is 0. The van der Waals surface area contributed by atoms with Crippen LogP contribution in [0.25, 0.3) is 0 Å². The lowest BCUT2D eigenvalue weighted by Gasteiger charge is -2.52. The van der Waals surface area contributed by atoms with Gasteiger partial charge in [-0.1, -0.05) is 39.0 Å². The maximum absolute atomic E-state index is 6.03. The number of hydrogen-bond donors (Lipinski definition) is 2. The molecule has 0 heterocycles. The van der Waals surface area contributed by atoms with Crippen LogP contribution in [0.3, 0.4) is 0 Å². The summed E-state index contributed by atoms with van der Waals surface area (Å²) in [5.74, 6) is 7.66. The van der Waals surface area contributed by atoms with E-state index in [4.69, 9.17) is 5.84 Å². The van der Waals surface area contributed by atoms with Crippen LogP contribution in [0, 0.1) is 11.8 Å². The van der Waals surface area contributed by atoms with Gasteiger partial charge in [-0.2, -0.15) is 0 Å². The Morgan fingerprint density at radius 1 is 1.11 bits per heavy atom. The first-order chi connectivity index (χ1) is 9.10. The first-order valence-corrected chi connectivity index (χ1v) is 8.23. The normalized spacial score (nSPS) is 33.3. The summed E-state index contributed by atoms with van der Waals surface area (Å²) in [5.41, 5.74) is 3.53. The van der Waals surface area contributed by atoms with Crippen molar-refractivity contribution < 1.29 is 0 Å². The second-order valence-electron chi connectivity index (χ2n) is 7.23. The predicted molar refractivity (Wildman–Crippen MR) is 81.7 cm³/mol. The molecule has 19 heavy (non-hydrogen) atoms. The van der Waals surface area contributed by atoms with Gasteiger partial charge in [0, 0.05) is 11.6 Å². The quantitative estimate of drug-likeness (QED) is 0.608. The molecule has 3 N–H and O–H groups in total. The number of hydrazine groups is 1. The van der Waals surface area contributed by atoms with Crippen LogP contribution in [0.1, 0.15) is 64.7 Å².